The molecule has 6 rings (SSSR count). The zero-order chi connectivity index (χ0) is 25.9. The SMILES string of the molecule is C[C@@H]1CCN([C@H](c2cnc(NC(=O)C3(c4ccc5c(c4)OC(F)(F)O5)CC3)s2)c2ccc(F)cc2Cl)C1.[HH]. The van der Waals surface area contributed by atoms with Crippen LogP contribution in [0.1, 0.15) is 49.7 Å². The number of benzene rings is 2. The van der Waals surface area contributed by atoms with Crippen molar-refractivity contribution >= 4 is 34.0 Å². The lowest BCUT2D eigenvalue weighted by molar-refractivity contribution is -0.286. The number of nitrogens with zero attached hydrogens (tertiary/aromatic N) is 2. The van der Waals surface area contributed by atoms with Gasteiger partial charge in [-0.05, 0) is 67.1 Å². The Hall–Kier alpha value is -2.82. The van der Waals surface area contributed by atoms with Crippen LogP contribution in [0, 0.1) is 11.7 Å². The van der Waals surface area contributed by atoms with E-state index in [4.69, 9.17) is 11.6 Å². The number of carbonyl (C=O) groups excluding carboxylic acids is 1. The largest absolute Gasteiger partial charge is 0.586 e. The van der Waals surface area contributed by atoms with Crippen molar-refractivity contribution in [3.63, 3.8) is 0 Å². The normalized spacial score (nSPS) is 22.1. The number of thiazole rings is 1. The van der Waals surface area contributed by atoms with E-state index in [0.29, 0.717) is 34.5 Å². The maximum absolute atomic E-state index is 13.8. The number of ether oxygens (including phenoxy) is 2. The van der Waals surface area contributed by atoms with E-state index < -0.39 is 17.5 Å². The number of amides is 1. The van der Waals surface area contributed by atoms with Crippen LogP contribution in [0.5, 0.6) is 11.5 Å². The highest BCUT2D eigenvalue weighted by Crippen LogP contribution is 2.52. The molecule has 2 atom stereocenters. The quantitative estimate of drug-likeness (QED) is 0.374. The van der Waals surface area contributed by atoms with Crippen LogP contribution in [0.15, 0.2) is 42.6 Å². The summed E-state index contributed by atoms with van der Waals surface area (Å²) in [6.45, 7) is 3.92. The van der Waals surface area contributed by atoms with Gasteiger partial charge >= 0.3 is 6.29 Å². The van der Waals surface area contributed by atoms with Crippen LogP contribution in [-0.4, -0.2) is 35.2 Å². The van der Waals surface area contributed by atoms with Crippen molar-refractivity contribution in [2.75, 3.05) is 18.4 Å². The van der Waals surface area contributed by atoms with Gasteiger partial charge in [-0.15, -0.1) is 8.78 Å². The number of halogens is 4. The number of hydrogen-bond acceptors (Lipinski definition) is 6. The monoisotopic (exact) mass is 551 g/mol. The van der Waals surface area contributed by atoms with E-state index in [1.54, 1.807) is 18.3 Å². The molecule has 1 amide bonds. The molecule has 2 aliphatic heterocycles. The van der Waals surface area contributed by atoms with Crippen LogP contribution in [0.2, 0.25) is 5.02 Å². The molecule has 37 heavy (non-hydrogen) atoms. The summed E-state index contributed by atoms with van der Waals surface area (Å²) < 4.78 is 49.7. The van der Waals surface area contributed by atoms with Crippen LogP contribution in [0.3, 0.4) is 0 Å². The minimum absolute atomic E-state index is 0. The van der Waals surface area contributed by atoms with Gasteiger partial charge in [0.2, 0.25) is 5.91 Å². The molecule has 1 saturated carbocycles. The zero-order valence-electron chi connectivity index (χ0n) is 19.8. The smallest absolute Gasteiger partial charge is 0.395 e. The van der Waals surface area contributed by atoms with Crippen LogP contribution in [0.25, 0.3) is 0 Å². The molecule has 6 nitrogen and oxygen atoms in total. The van der Waals surface area contributed by atoms with Gasteiger partial charge in [0, 0.05) is 24.1 Å². The summed E-state index contributed by atoms with van der Waals surface area (Å²) in [5.41, 5.74) is 0.532. The first kappa shape index (κ1) is 24.5. The predicted octanol–water partition coefficient (Wildman–Crippen LogP) is 6.60. The van der Waals surface area contributed by atoms with Crippen molar-refractivity contribution in [3.8, 4) is 11.5 Å². The molecule has 1 saturated heterocycles. The predicted molar refractivity (Wildman–Crippen MR) is 135 cm³/mol. The molecule has 2 aromatic carbocycles. The van der Waals surface area contributed by atoms with E-state index in [1.165, 1.54) is 35.6 Å². The second-order valence-corrected chi connectivity index (χ2v) is 11.4. The number of nitrogens with one attached hydrogen (secondary N) is 1. The number of aromatic nitrogens is 1. The van der Waals surface area contributed by atoms with Crippen molar-refractivity contribution < 1.29 is 28.9 Å². The lowest BCUT2D eigenvalue weighted by Gasteiger charge is -2.28. The van der Waals surface area contributed by atoms with Gasteiger partial charge in [0.1, 0.15) is 5.82 Å². The third kappa shape index (κ3) is 4.55. The Kier molecular flexibility index (Phi) is 5.89. The third-order valence-corrected chi connectivity index (χ3v) is 8.52. The average molecular weight is 552 g/mol. The number of alkyl halides is 2. The van der Waals surface area contributed by atoms with Gasteiger partial charge in [0.25, 0.3) is 0 Å². The Morgan fingerprint density at radius 2 is 2.03 bits per heavy atom. The van der Waals surface area contributed by atoms with Gasteiger partial charge in [-0.1, -0.05) is 42.0 Å². The van der Waals surface area contributed by atoms with Crippen LogP contribution < -0.4 is 14.8 Å². The Morgan fingerprint density at radius 3 is 2.73 bits per heavy atom. The van der Waals surface area contributed by atoms with Crippen LogP contribution >= 0.6 is 22.9 Å². The molecule has 3 aromatic rings. The van der Waals surface area contributed by atoms with Gasteiger partial charge in [0.05, 0.1) is 11.5 Å². The lowest BCUT2D eigenvalue weighted by atomic mass is 9.94. The van der Waals surface area contributed by atoms with E-state index in [9.17, 15) is 18.0 Å². The Labute approximate surface area is 221 Å². The standard InChI is InChI=1S/C26H23ClF3N3O3S.H2/c1-14-6-9-33(13-14)22(17-4-3-16(28)11-18(17)27)21-12-31-24(37-21)32-23(34)25(7-8-25)15-2-5-19-20(10-15)36-26(29,30)35-19;/h2-5,10-12,14,22H,6-9,13H2,1H3,(H,31,32,34);1H/t14-,22+;/m1./s1. The Balaban J connectivity index is 0.00000294. The molecule has 196 valence electrons. The number of rotatable bonds is 6. The summed E-state index contributed by atoms with van der Waals surface area (Å²) in [6, 6.07) is 8.65. The molecular formula is C26H25ClF3N3O3S. The molecule has 0 unspecified atom stereocenters. The topological polar surface area (TPSA) is 63.7 Å². The Morgan fingerprint density at radius 1 is 1.24 bits per heavy atom. The summed E-state index contributed by atoms with van der Waals surface area (Å²) in [5.74, 6) is -0.287. The van der Waals surface area contributed by atoms with Crippen molar-refractivity contribution in [1.82, 2.24) is 9.88 Å². The first-order chi connectivity index (χ1) is 17.6. The average Bonchev–Trinajstić information content (AvgIpc) is 3.16. The molecule has 1 N–H and O–H groups in total. The number of likely N-dealkylation sites (tertiary alicyclic amines) is 1. The first-order valence-electron chi connectivity index (χ1n) is 12.0. The third-order valence-electron chi connectivity index (χ3n) is 7.23. The summed E-state index contributed by atoms with van der Waals surface area (Å²) in [5, 5.41) is 3.68. The van der Waals surface area contributed by atoms with Crippen LogP contribution in [-0.2, 0) is 10.2 Å². The maximum atomic E-state index is 13.8. The van der Waals surface area contributed by atoms with E-state index in [2.05, 4.69) is 31.6 Å². The molecule has 1 aliphatic carbocycles. The van der Waals surface area contributed by atoms with Crippen molar-refractivity contribution in [1.29, 1.82) is 0 Å². The summed E-state index contributed by atoms with van der Waals surface area (Å²) >= 11 is 7.80. The van der Waals surface area contributed by atoms with E-state index in [-0.39, 0.29) is 24.9 Å². The van der Waals surface area contributed by atoms with Crippen molar-refractivity contribution in [3.05, 3.63) is 69.4 Å². The van der Waals surface area contributed by atoms with Crippen molar-refractivity contribution in [2.24, 2.45) is 5.92 Å². The number of anilines is 1. The minimum atomic E-state index is -3.71. The number of carbonyl (C=O) groups is 1. The van der Waals surface area contributed by atoms with Gasteiger partial charge in [-0.25, -0.2) is 9.37 Å². The highest BCUT2D eigenvalue weighted by molar-refractivity contribution is 7.15. The minimum Gasteiger partial charge on any atom is -0.395 e. The maximum Gasteiger partial charge on any atom is 0.586 e. The fraction of sp³-hybridized carbons (Fsp3) is 0.385. The van der Waals surface area contributed by atoms with E-state index in [0.717, 1.165) is 30.0 Å². The molecule has 0 spiro atoms. The molecule has 3 aliphatic rings. The highest BCUT2D eigenvalue weighted by Gasteiger charge is 2.53. The fourth-order valence-corrected chi connectivity index (χ4v) is 6.40. The first-order valence-corrected chi connectivity index (χ1v) is 13.2. The molecule has 0 bridgehead atoms. The molecule has 0 radical (unpaired) electrons. The van der Waals surface area contributed by atoms with Crippen LogP contribution in [0.4, 0.5) is 18.3 Å². The van der Waals surface area contributed by atoms with E-state index in [1.807, 2.05) is 0 Å². The summed E-state index contributed by atoms with van der Waals surface area (Å²) in [4.78, 5) is 21.0. The number of fused-ring (bicyclic) bond motifs is 1. The zero-order valence-corrected chi connectivity index (χ0v) is 21.3. The Bertz CT molecular complexity index is 1390. The van der Waals surface area contributed by atoms with Gasteiger partial charge in [0.15, 0.2) is 16.6 Å². The second kappa shape index (κ2) is 8.89. The van der Waals surface area contributed by atoms with Gasteiger partial charge in [-0.2, -0.15) is 0 Å². The molecule has 1 aromatic heterocycles. The highest BCUT2D eigenvalue weighted by atomic mass is 35.5. The summed E-state index contributed by atoms with van der Waals surface area (Å²) in [6.07, 6.45) is 0.199. The summed E-state index contributed by atoms with van der Waals surface area (Å²) in [7, 11) is 0. The molecule has 2 fully saturated rings. The molecular weight excluding hydrogens is 527 g/mol. The second-order valence-electron chi connectivity index (χ2n) is 9.89. The molecule has 11 heteroatoms. The van der Waals surface area contributed by atoms with E-state index >= 15 is 0 Å². The fourth-order valence-electron chi connectivity index (χ4n) is 5.16. The molecule has 3 heterocycles. The van der Waals surface area contributed by atoms with Gasteiger partial charge < -0.3 is 14.8 Å². The number of hydrogen-bond donors (Lipinski definition) is 1. The lowest BCUT2D eigenvalue weighted by Crippen LogP contribution is -2.28. The van der Waals surface area contributed by atoms with Crippen molar-refractivity contribution in [2.45, 2.75) is 43.9 Å². The van der Waals surface area contributed by atoms with Gasteiger partial charge in [-0.3, -0.25) is 9.69 Å².